The summed E-state index contributed by atoms with van der Waals surface area (Å²) < 4.78 is 39.0. The first-order valence-corrected chi connectivity index (χ1v) is 16.2. The minimum Gasteiger partial charge on any atom is -0.418 e. The van der Waals surface area contributed by atoms with Crippen LogP contribution < -0.4 is 0 Å². The van der Waals surface area contributed by atoms with Gasteiger partial charge in [0.25, 0.3) is 0 Å². The predicted molar refractivity (Wildman–Crippen MR) is 198 cm³/mol. The minimum absolute atomic E-state index is 0. The maximum Gasteiger partial charge on any atom is 1.00 e. The van der Waals surface area contributed by atoms with Gasteiger partial charge in [-0.05, 0) is 24.3 Å². The van der Waals surface area contributed by atoms with Gasteiger partial charge in [-0.15, -0.1) is 20.4 Å². The summed E-state index contributed by atoms with van der Waals surface area (Å²) in [5, 5.41) is 17.5. The van der Waals surface area contributed by atoms with Gasteiger partial charge in [-0.1, -0.05) is 133 Å². The third-order valence-corrected chi connectivity index (χ3v) is 7.35. The number of halogens is 4. The largest absolute Gasteiger partial charge is 1.00 e. The van der Waals surface area contributed by atoms with Crippen molar-refractivity contribution in [3.8, 4) is 68.1 Å². The summed E-state index contributed by atoms with van der Waals surface area (Å²) in [7, 11) is -6.00. The molecule has 14 heteroatoms. The molecule has 0 unspecified atom stereocenters. The van der Waals surface area contributed by atoms with E-state index in [9.17, 15) is 17.3 Å². The van der Waals surface area contributed by atoms with Crippen molar-refractivity contribution in [2.75, 3.05) is 0 Å². The van der Waals surface area contributed by atoms with Crippen molar-refractivity contribution in [2.45, 2.75) is 0 Å². The molecule has 0 amide bonds. The molecular formula is C40H28BCuF4N8. The molecule has 8 nitrogen and oxygen atoms in total. The second kappa shape index (κ2) is 18.8. The molecule has 0 atom stereocenters. The Morgan fingerprint density at radius 3 is 0.889 bits per heavy atom. The van der Waals surface area contributed by atoms with Crippen molar-refractivity contribution < 1.29 is 34.3 Å². The molecule has 270 valence electrons. The second-order valence-electron chi connectivity index (χ2n) is 11.1. The molecule has 4 aromatic carbocycles. The van der Waals surface area contributed by atoms with Crippen LogP contribution in [0.2, 0.25) is 0 Å². The zero-order valence-electron chi connectivity index (χ0n) is 28.1. The van der Waals surface area contributed by atoms with Gasteiger partial charge in [0.05, 0.1) is 0 Å². The smallest absolute Gasteiger partial charge is 0.418 e. The fraction of sp³-hybridized carbons (Fsp3) is 0. The van der Waals surface area contributed by atoms with Crippen molar-refractivity contribution >= 4 is 7.25 Å². The zero-order chi connectivity index (χ0) is 36.9. The van der Waals surface area contributed by atoms with Crippen molar-refractivity contribution in [1.29, 1.82) is 0 Å². The molecule has 0 N–H and O–H groups in total. The quantitative estimate of drug-likeness (QED) is 0.122. The molecule has 8 rings (SSSR count). The Balaban J connectivity index is 0.000000182. The minimum atomic E-state index is -6.00. The molecule has 0 spiro atoms. The van der Waals surface area contributed by atoms with Crippen LogP contribution >= 0.6 is 0 Å². The summed E-state index contributed by atoms with van der Waals surface area (Å²) in [6, 6.07) is 51.3. The number of nitrogens with zero attached hydrogens (tertiary/aromatic N) is 8. The van der Waals surface area contributed by atoms with Crippen LogP contribution in [0.3, 0.4) is 0 Å². The molecule has 4 heterocycles. The van der Waals surface area contributed by atoms with Crippen LogP contribution in [0.25, 0.3) is 68.1 Å². The SMILES string of the molecule is F[B-](F)(F)F.[Cu+].c1ccc(-c2nnc(-c3ccccn3)nc2-c2ccccc2)cc1.c1ccc(-c2nnc(-c3ccccn3)nc2-c2ccccc2)cc1. The Morgan fingerprint density at radius 2 is 0.611 bits per heavy atom. The summed E-state index contributed by atoms with van der Waals surface area (Å²) in [6.45, 7) is 0. The van der Waals surface area contributed by atoms with Gasteiger partial charge in [0.1, 0.15) is 34.2 Å². The monoisotopic (exact) mass is 770 g/mol. The number of benzene rings is 4. The Morgan fingerprint density at radius 1 is 0.333 bits per heavy atom. The average Bonchev–Trinajstić information content (AvgIpc) is 3.22. The molecule has 0 radical (unpaired) electrons. The summed E-state index contributed by atoms with van der Waals surface area (Å²) in [5.74, 6) is 1.04. The van der Waals surface area contributed by atoms with Gasteiger partial charge in [-0.3, -0.25) is 9.97 Å². The van der Waals surface area contributed by atoms with Gasteiger partial charge in [0, 0.05) is 34.6 Å². The summed E-state index contributed by atoms with van der Waals surface area (Å²) in [6.07, 6.45) is 3.46. The van der Waals surface area contributed by atoms with Crippen LogP contribution in [0, 0.1) is 0 Å². The van der Waals surface area contributed by atoms with E-state index in [2.05, 4.69) is 30.4 Å². The average molecular weight is 771 g/mol. The van der Waals surface area contributed by atoms with E-state index < -0.39 is 7.25 Å². The Hall–Kier alpha value is -6.50. The van der Waals surface area contributed by atoms with E-state index in [1.807, 2.05) is 158 Å². The molecule has 0 saturated heterocycles. The van der Waals surface area contributed by atoms with Gasteiger partial charge in [0.2, 0.25) is 11.6 Å². The number of rotatable bonds is 6. The first-order valence-electron chi connectivity index (χ1n) is 16.2. The van der Waals surface area contributed by atoms with Crippen LogP contribution in [-0.4, -0.2) is 47.6 Å². The van der Waals surface area contributed by atoms with Crippen LogP contribution in [0.1, 0.15) is 0 Å². The number of hydrogen-bond donors (Lipinski definition) is 0. The molecule has 0 aliphatic heterocycles. The van der Waals surface area contributed by atoms with Crippen LogP contribution in [0.4, 0.5) is 17.3 Å². The normalized spacial score (nSPS) is 10.4. The first-order chi connectivity index (χ1) is 25.8. The van der Waals surface area contributed by atoms with Crippen molar-refractivity contribution in [3.63, 3.8) is 0 Å². The molecule has 0 saturated carbocycles. The third kappa shape index (κ3) is 10.8. The fourth-order valence-electron chi connectivity index (χ4n) is 5.03. The Labute approximate surface area is 319 Å². The van der Waals surface area contributed by atoms with E-state index in [0.29, 0.717) is 23.0 Å². The molecule has 8 aromatic rings. The van der Waals surface area contributed by atoms with Crippen molar-refractivity contribution in [2.24, 2.45) is 0 Å². The summed E-state index contributed by atoms with van der Waals surface area (Å²) in [4.78, 5) is 18.1. The van der Waals surface area contributed by atoms with Gasteiger partial charge in [0.15, 0.2) is 0 Å². The maximum absolute atomic E-state index is 9.75. The molecule has 0 aliphatic rings. The molecular weight excluding hydrogens is 743 g/mol. The number of pyridine rings is 2. The summed E-state index contributed by atoms with van der Waals surface area (Å²) in [5.41, 5.74) is 8.54. The second-order valence-corrected chi connectivity index (χ2v) is 11.1. The molecule has 0 fully saturated rings. The van der Waals surface area contributed by atoms with E-state index in [-0.39, 0.29) is 17.1 Å². The van der Waals surface area contributed by atoms with Gasteiger partial charge < -0.3 is 17.3 Å². The van der Waals surface area contributed by atoms with Crippen LogP contribution in [0.15, 0.2) is 170 Å². The first kappa shape index (κ1) is 38.7. The van der Waals surface area contributed by atoms with Gasteiger partial charge in [-0.2, -0.15) is 0 Å². The molecule has 0 bridgehead atoms. The molecule has 4 aromatic heterocycles. The Bertz CT molecular complexity index is 2160. The van der Waals surface area contributed by atoms with Crippen molar-refractivity contribution in [1.82, 2.24) is 40.3 Å². The van der Waals surface area contributed by atoms with E-state index in [0.717, 1.165) is 45.0 Å². The third-order valence-electron chi connectivity index (χ3n) is 7.35. The zero-order valence-corrected chi connectivity index (χ0v) is 29.1. The number of aromatic nitrogens is 8. The predicted octanol–water partition coefficient (Wildman–Crippen LogP) is 9.83. The Kier molecular flexibility index (Phi) is 13.5. The van der Waals surface area contributed by atoms with Crippen molar-refractivity contribution in [3.05, 3.63) is 170 Å². The van der Waals surface area contributed by atoms with Crippen LogP contribution in [0.5, 0.6) is 0 Å². The molecule has 54 heavy (non-hydrogen) atoms. The van der Waals surface area contributed by atoms with Crippen LogP contribution in [-0.2, 0) is 17.1 Å². The van der Waals surface area contributed by atoms with Gasteiger partial charge >= 0.3 is 24.3 Å². The van der Waals surface area contributed by atoms with E-state index >= 15 is 0 Å². The summed E-state index contributed by atoms with van der Waals surface area (Å²) >= 11 is 0. The fourth-order valence-corrected chi connectivity index (χ4v) is 5.03. The van der Waals surface area contributed by atoms with E-state index in [1.54, 1.807) is 12.4 Å². The molecule has 0 aliphatic carbocycles. The van der Waals surface area contributed by atoms with Gasteiger partial charge in [-0.25, -0.2) is 9.97 Å². The van der Waals surface area contributed by atoms with E-state index in [4.69, 9.17) is 9.97 Å². The maximum atomic E-state index is 9.75. The van der Waals surface area contributed by atoms with E-state index in [1.165, 1.54) is 0 Å². The topological polar surface area (TPSA) is 103 Å². The number of hydrogen-bond acceptors (Lipinski definition) is 8. The standard InChI is InChI=1S/2C20H14N4.BF4.Cu/c2*1-3-9-15(10-4-1)18-19(16-11-5-2-6-12-16)23-24-20(22-18)17-13-7-8-14-21-17;2-1(3,4)5;/h2*1-14H;;/q;;-1;+1.